The van der Waals surface area contributed by atoms with Crippen LogP contribution < -0.4 is 5.32 Å². The van der Waals surface area contributed by atoms with E-state index >= 15 is 0 Å². The molecule has 4 rings (SSSR count). The molecule has 1 atom stereocenters. The van der Waals surface area contributed by atoms with Crippen molar-refractivity contribution >= 4 is 16.5 Å². The number of aryl methyl sites for hydroxylation is 2. The molecule has 0 aliphatic carbocycles. The molecule has 0 fully saturated rings. The molecule has 2 aromatic carbocycles. The van der Waals surface area contributed by atoms with Crippen LogP contribution in [0.4, 0.5) is 0 Å². The number of nitrogens with one attached hydrogen (secondary N) is 2. The van der Waals surface area contributed by atoms with Crippen LogP contribution in [-0.2, 0) is 6.42 Å². The number of aromatic amines is 1. The summed E-state index contributed by atoms with van der Waals surface area (Å²) in [6.07, 6.45) is 9.14. The van der Waals surface area contributed by atoms with Gasteiger partial charge in [-0.3, -0.25) is 0 Å². The van der Waals surface area contributed by atoms with E-state index in [4.69, 9.17) is 0 Å². The van der Waals surface area contributed by atoms with E-state index < -0.39 is 0 Å². The molecule has 0 saturated heterocycles. The van der Waals surface area contributed by atoms with E-state index in [0.29, 0.717) is 6.04 Å². The van der Waals surface area contributed by atoms with Crippen LogP contribution in [0.1, 0.15) is 36.0 Å². The minimum Gasteiger partial charge on any atom is -0.361 e. The predicted octanol–water partition coefficient (Wildman–Crippen LogP) is 5.24. The van der Waals surface area contributed by atoms with Crippen molar-refractivity contribution in [1.82, 2.24) is 10.3 Å². The highest BCUT2D eigenvalue weighted by molar-refractivity contribution is 5.82. The highest BCUT2D eigenvalue weighted by atomic mass is 14.9. The zero-order valence-electron chi connectivity index (χ0n) is 14.9. The Labute approximate surface area is 150 Å². The Balaban J connectivity index is 1.37. The molecule has 0 spiro atoms. The third kappa shape index (κ3) is 3.54. The summed E-state index contributed by atoms with van der Waals surface area (Å²) in [4.78, 5) is 3.31. The van der Waals surface area contributed by atoms with Gasteiger partial charge in [-0.1, -0.05) is 42.5 Å². The molecule has 2 N–H and O–H groups in total. The van der Waals surface area contributed by atoms with Crippen LogP contribution in [0.25, 0.3) is 16.5 Å². The maximum atomic E-state index is 3.67. The molecule has 0 amide bonds. The fraction of sp³-hybridized carbons (Fsp3) is 0.304. The average molecular weight is 330 g/mol. The van der Waals surface area contributed by atoms with Gasteiger partial charge in [0, 0.05) is 29.7 Å². The lowest BCUT2D eigenvalue weighted by atomic mass is 9.90. The summed E-state index contributed by atoms with van der Waals surface area (Å²) in [5.74, 6) is 0. The molecular weight excluding hydrogens is 304 g/mol. The summed E-state index contributed by atoms with van der Waals surface area (Å²) < 4.78 is 0. The molecule has 2 heteroatoms. The Bertz CT molecular complexity index is 888. The number of fused-ring (bicyclic) bond motifs is 1. The van der Waals surface area contributed by atoms with E-state index in [2.05, 4.69) is 71.8 Å². The zero-order valence-corrected chi connectivity index (χ0v) is 14.9. The van der Waals surface area contributed by atoms with Gasteiger partial charge in [0.25, 0.3) is 0 Å². The van der Waals surface area contributed by atoms with Crippen molar-refractivity contribution in [3.8, 4) is 0 Å². The number of benzene rings is 2. The molecule has 0 saturated carbocycles. The first-order valence-corrected chi connectivity index (χ1v) is 9.34. The minimum atomic E-state index is 0.588. The van der Waals surface area contributed by atoms with Gasteiger partial charge in [-0.25, -0.2) is 0 Å². The van der Waals surface area contributed by atoms with Crippen LogP contribution in [0.3, 0.4) is 0 Å². The Kier molecular flexibility index (Phi) is 4.71. The first kappa shape index (κ1) is 16.2. The molecule has 3 aromatic rings. The van der Waals surface area contributed by atoms with Crippen molar-refractivity contribution in [2.24, 2.45) is 0 Å². The number of H-pyrrole nitrogens is 1. The van der Waals surface area contributed by atoms with Crippen molar-refractivity contribution in [2.45, 2.75) is 38.6 Å². The molecule has 1 aliphatic rings. The normalized spacial score (nSPS) is 17.6. The summed E-state index contributed by atoms with van der Waals surface area (Å²) in [6.45, 7) is 3.20. The maximum Gasteiger partial charge on any atom is 0.0456 e. The molecule has 1 aromatic heterocycles. The Morgan fingerprint density at radius 2 is 1.96 bits per heavy atom. The molecule has 1 aliphatic heterocycles. The predicted molar refractivity (Wildman–Crippen MR) is 107 cm³/mol. The zero-order chi connectivity index (χ0) is 17.1. The minimum absolute atomic E-state index is 0.588. The van der Waals surface area contributed by atoms with Crippen LogP contribution in [0.2, 0.25) is 0 Å². The van der Waals surface area contributed by atoms with E-state index in [1.807, 2.05) is 6.20 Å². The van der Waals surface area contributed by atoms with Gasteiger partial charge < -0.3 is 10.3 Å². The van der Waals surface area contributed by atoms with Crippen LogP contribution >= 0.6 is 0 Å². The van der Waals surface area contributed by atoms with Crippen LogP contribution in [0.5, 0.6) is 0 Å². The number of rotatable bonds is 5. The molecule has 2 nitrogen and oxygen atoms in total. The SMILES string of the molecule is Cc1ccccc1C1=CCNC(CCCc2cccc3[nH]ccc23)C1. The van der Waals surface area contributed by atoms with E-state index in [1.165, 1.54) is 46.0 Å². The van der Waals surface area contributed by atoms with E-state index in [9.17, 15) is 0 Å². The van der Waals surface area contributed by atoms with Crippen molar-refractivity contribution < 1.29 is 0 Å². The summed E-state index contributed by atoms with van der Waals surface area (Å²) in [5, 5.41) is 5.05. The van der Waals surface area contributed by atoms with E-state index in [1.54, 1.807) is 0 Å². The smallest absolute Gasteiger partial charge is 0.0456 e. The molecule has 128 valence electrons. The summed E-state index contributed by atoms with van der Waals surface area (Å²) in [6, 6.07) is 18.1. The Morgan fingerprint density at radius 3 is 2.88 bits per heavy atom. The van der Waals surface area contributed by atoms with Crippen molar-refractivity contribution in [3.63, 3.8) is 0 Å². The van der Waals surface area contributed by atoms with Gasteiger partial charge in [0.05, 0.1) is 0 Å². The van der Waals surface area contributed by atoms with Gasteiger partial charge in [-0.2, -0.15) is 0 Å². The van der Waals surface area contributed by atoms with Gasteiger partial charge in [-0.05, 0) is 67.0 Å². The molecule has 25 heavy (non-hydrogen) atoms. The third-order valence-electron chi connectivity index (χ3n) is 5.40. The molecular formula is C23H26N2. The van der Waals surface area contributed by atoms with Crippen molar-refractivity contribution in [2.75, 3.05) is 6.54 Å². The second-order valence-corrected chi connectivity index (χ2v) is 7.10. The lowest BCUT2D eigenvalue weighted by Crippen LogP contribution is -2.33. The topological polar surface area (TPSA) is 27.8 Å². The summed E-state index contributed by atoms with van der Waals surface area (Å²) >= 11 is 0. The van der Waals surface area contributed by atoms with Crippen LogP contribution in [0.15, 0.2) is 60.8 Å². The fourth-order valence-corrected chi connectivity index (χ4v) is 4.03. The quantitative estimate of drug-likeness (QED) is 0.657. The number of hydrogen-bond acceptors (Lipinski definition) is 1. The van der Waals surface area contributed by atoms with Crippen LogP contribution in [-0.4, -0.2) is 17.6 Å². The van der Waals surface area contributed by atoms with Gasteiger partial charge >= 0.3 is 0 Å². The second kappa shape index (κ2) is 7.28. The summed E-state index contributed by atoms with van der Waals surface area (Å²) in [5.41, 5.74) is 7.02. The van der Waals surface area contributed by atoms with Gasteiger partial charge in [0.1, 0.15) is 0 Å². The van der Waals surface area contributed by atoms with Crippen molar-refractivity contribution in [1.29, 1.82) is 0 Å². The average Bonchev–Trinajstić information content (AvgIpc) is 3.12. The standard InChI is InChI=1S/C23H26N2/c1-17-6-2-3-10-21(17)19-12-14-24-20(16-19)9-4-7-18-8-5-11-23-22(18)13-15-25-23/h2-3,5-6,8,10-13,15,20,24-25H,4,7,9,14,16H2,1H3. The van der Waals surface area contributed by atoms with E-state index in [0.717, 1.165) is 19.4 Å². The van der Waals surface area contributed by atoms with Gasteiger partial charge in [-0.15, -0.1) is 0 Å². The van der Waals surface area contributed by atoms with Crippen LogP contribution in [0, 0.1) is 6.92 Å². The molecule has 1 unspecified atom stereocenters. The lowest BCUT2D eigenvalue weighted by Gasteiger charge is -2.25. The maximum absolute atomic E-state index is 3.67. The van der Waals surface area contributed by atoms with E-state index in [-0.39, 0.29) is 0 Å². The van der Waals surface area contributed by atoms with Gasteiger partial charge in [0.15, 0.2) is 0 Å². The second-order valence-electron chi connectivity index (χ2n) is 7.10. The fourth-order valence-electron chi connectivity index (χ4n) is 4.03. The van der Waals surface area contributed by atoms with Crippen molar-refractivity contribution in [3.05, 3.63) is 77.5 Å². The first-order valence-electron chi connectivity index (χ1n) is 9.34. The Morgan fingerprint density at radius 1 is 1.04 bits per heavy atom. The number of aromatic nitrogens is 1. The Hall–Kier alpha value is -2.32. The molecule has 2 heterocycles. The molecule has 0 bridgehead atoms. The monoisotopic (exact) mass is 330 g/mol. The lowest BCUT2D eigenvalue weighted by molar-refractivity contribution is 0.486. The number of hydrogen-bond donors (Lipinski definition) is 2. The highest BCUT2D eigenvalue weighted by Crippen LogP contribution is 2.27. The van der Waals surface area contributed by atoms with Gasteiger partial charge in [0.2, 0.25) is 0 Å². The highest BCUT2D eigenvalue weighted by Gasteiger charge is 2.16. The first-order chi connectivity index (χ1) is 12.3. The largest absolute Gasteiger partial charge is 0.361 e. The molecule has 0 radical (unpaired) electrons. The third-order valence-corrected chi connectivity index (χ3v) is 5.40. The summed E-state index contributed by atoms with van der Waals surface area (Å²) in [7, 11) is 0.